The van der Waals surface area contributed by atoms with Gasteiger partial charge in [0.05, 0.1) is 12.1 Å². The number of anilines is 2. The number of hydrogen-bond acceptors (Lipinski definition) is 3. The van der Waals surface area contributed by atoms with E-state index in [1.54, 1.807) is 0 Å². The van der Waals surface area contributed by atoms with Crippen LogP contribution in [0.4, 0.5) is 11.4 Å². The van der Waals surface area contributed by atoms with Gasteiger partial charge < -0.3 is 5.32 Å². The fourth-order valence-corrected chi connectivity index (χ4v) is 1.55. The van der Waals surface area contributed by atoms with Gasteiger partial charge in [-0.05, 0) is 25.1 Å². The summed E-state index contributed by atoms with van der Waals surface area (Å²) in [5.74, 6) is 0.0285. The predicted octanol–water partition coefficient (Wildman–Crippen LogP) is 1.84. The number of carbonyl (C=O) groups is 1. The minimum absolute atomic E-state index is 0.0285. The lowest BCUT2D eigenvalue weighted by Crippen LogP contribution is -2.19. The van der Waals surface area contributed by atoms with Gasteiger partial charge in [-0.15, -0.1) is 0 Å². The quantitative estimate of drug-likeness (QED) is 0.797. The summed E-state index contributed by atoms with van der Waals surface area (Å²) >= 11 is 0. The van der Waals surface area contributed by atoms with Crippen molar-refractivity contribution >= 4 is 23.0 Å². The summed E-state index contributed by atoms with van der Waals surface area (Å²) in [7, 11) is 1.85. The number of rotatable bonds is 2. The molecule has 4 nitrogen and oxygen atoms in total. The van der Waals surface area contributed by atoms with Gasteiger partial charge >= 0.3 is 0 Å². The van der Waals surface area contributed by atoms with Crippen LogP contribution in [0.5, 0.6) is 0 Å². The molecule has 1 aromatic carbocycles. The van der Waals surface area contributed by atoms with Crippen molar-refractivity contribution < 1.29 is 4.79 Å². The van der Waals surface area contributed by atoms with Crippen molar-refractivity contribution in [3.8, 4) is 0 Å². The third kappa shape index (κ3) is 1.83. The lowest BCUT2D eigenvalue weighted by atomic mass is 10.2. The van der Waals surface area contributed by atoms with Gasteiger partial charge in [-0.2, -0.15) is 5.10 Å². The van der Waals surface area contributed by atoms with E-state index in [0.717, 1.165) is 17.1 Å². The van der Waals surface area contributed by atoms with E-state index in [2.05, 4.69) is 10.4 Å². The van der Waals surface area contributed by atoms with E-state index >= 15 is 0 Å². The van der Waals surface area contributed by atoms with E-state index in [0.29, 0.717) is 6.42 Å². The highest BCUT2D eigenvalue weighted by Gasteiger charge is 2.22. The molecule has 0 saturated heterocycles. The molecule has 1 aromatic rings. The largest absolute Gasteiger partial charge is 0.388 e. The molecule has 78 valence electrons. The van der Waals surface area contributed by atoms with Crippen molar-refractivity contribution in [3.63, 3.8) is 0 Å². The van der Waals surface area contributed by atoms with Crippen LogP contribution in [-0.2, 0) is 4.79 Å². The average Bonchev–Trinajstić information content (AvgIpc) is 2.58. The van der Waals surface area contributed by atoms with Crippen molar-refractivity contribution in [2.24, 2.45) is 5.10 Å². The van der Waals surface area contributed by atoms with Gasteiger partial charge in [-0.25, -0.2) is 5.01 Å². The molecule has 1 aliphatic heterocycles. The Morgan fingerprint density at radius 3 is 2.87 bits per heavy atom. The molecule has 2 rings (SSSR count). The highest BCUT2D eigenvalue weighted by Crippen LogP contribution is 2.23. The maximum atomic E-state index is 11.6. The zero-order chi connectivity index (χ0) is 10.8. The van der Waals surface area contributed by atoms with Crippen LogP contribution < -0.4 is 10.3 Å². The van der Waals surface area contributed by atoms with Crippen molar-refractivity contribution in [1.82, 2.24) is 0 Å². The molecule has 0 aromatic heterocycles. The van der Waals surface area contributed by atoms with Gasteiger partial charge in [-0.3, -0.25) is 4.79 Å². The Kier molecular flexibility index (Phi) is 2.41. The normalized spacial score (nSPS) is 15.5. The molecule has 0 aliphatic carbocycles. The van der Waals surface area contributed by atoms with Crippen molar-refractivity contribution in [3.05, 3.63) is 24.3 Å². The molecule has 15 heavy (non-hydrogen) atoms. The zero-order valence-corrected chi connectivity index (χ0v) is 8.82. The molecular weight excluding hydrogens is 190 g/mol. The minimum Gasteiger partial charge on any atom is -0.388 e. The summed E-state index contributed by atoms with van der Waals surface area (Å²) < 4.78 is 0. The third-order valence-corrected chi connectivity index (χ3v) is 2.29. The molecule has 1 heterocycles. The van der Waals surface area contributed by atoms with Crippen LogP contribution in [0.2, 0.25) is 0 Å². The van der Waals surface area contributed by atoms with Gasteiger partial charge in [0.15, 0.2) is 0 Å². The summed E-state index contributed by atoms with van der Waals surface area (Å²) in [4.78, 5) is 11.6. The van der Waals surface area contributed by atoms with Crippen LogP contribution in [0.1, 0.15) is 13.3 Å². The van der Waals surface area contributed by atoms with Crippen LogP contribution in [0, 0.1) is 0 Å². The van der Waals surface area contributed by atoms with Crippen molar-refractivity contribution in [2.45, 2.75) is 13.3 Å². The fourth-order valence-electron chi connectivity index (χ4n) is 1.55. The summed E-state index contributed by atoms with van der Waals surface area (Å²) in [5.41, 5.74) is 2.64. The summed E-state index contributed by atoms with van der Waals surface area (Å²) in [6, 6.07) is 7.62. The Bertz CT molecular complexity index is 426. The molecule has 0 unspecified atom stereocenters. The van der Waals surface area contributed by atoms with E-state index < -0.39 is 0 Å². The molecule has 1 amide bonds. The molecular formula is C11H13N3O. The first-order chi connectivity index (χ1) is 7.20. The summed E-state index contributed by atoms with van der Waals surface area (Å²) in [5, 5.41) is 8.67. The lowest BCUT2D eigenvalue weighted by molar-refractivity contribution is -0.116. The maximum Gasteiger partial charge on any atom is 0.253 e. The van der Waals surface area contributed by atoms with Gasteiger partial charge in [-0.1, -0.05) is 6.07 Å². The Hall–Kier alpha value is -1.84. The molecule has 0 spiro atoms. The van der Waals surface area contributed by atoms with E-state index in [1.807, 2.05) is 38.2 Å². The molecule has 1 aliphatic rings. The second kappa shape index (κ2) is 3.73. The van der Waals surface area contributed by atoms with Crippen molar-refractivity contribution in [2.75, 3.05) is 17.4 Å². The van der Waals surface area contributed by atoms with Crippen LogP contribution in [0.15, 0.2) is 29.4 Å². The lowest BCUT2D eigenvalue weighted by Gasteiger charge is -2.12. The first kappa shape index (κ1) is 9.71. The van der Waals surface area contributed by atoms with Gasteiger partial charge in [0.25, 0.3) is 5.91 Å². The van der Waals surface area contributed by atoms with Crippen molar-refractivity contribution in [1.29, 1.82) is 0 Å². The van der Waals surface area contributed by atoms with Crippen LogP contribution in [0.3, 0.4) is 0 Å². The van der Waals surface area contributed by atoms with Gasteiger partial charge in [0.1, 0.15) is 0 Å². The Morgan fingerprint density at radius 2 is 2.27 bits per heavy atom. The molecule has 0 atom stereocenters. The SMILES string of the molecule is CNc1cccc(N2N=C(C)CC2=O)c1. The number of amides is 1. The second-order valence-corrected chi connectivity index (χ2v) is 3.52. The first-order valence-corrected chi connectivity index (χ1v) is 4.85. The maximum absolute atomic E-state index is 11.6. The minimum atomic E-state index is 0.0285. The Labute approximate surface area is 88.6 Å². The predicted molar refractivity (Wildman–Crippen MR) is 61.2 cm³/mol. The fraction of sp³-hybridized carbons (Fsp3) is 0.273. The first-order valence-electron chi connectivity index (χ1n) is 4.85. The standard InChI is InChI=1S/C11H13N3O/c1-8-6-11(15)14(13-8)10-5-3-4-9(7-10)12-2/h3-5,7,12H,6H2,1-2H3. The van der Waals surface area contributed by atoms with Gasteiger partial charge in [0.2, 0.25) is 0 Å². The number of benzene rings is 1. The van der Waals surface area contributed by atoms with Gasteiger partial charge in [0, 0.05) is 18.4 Å². The molecule has 0 fully saturated rings. The number of hydrogen-bond donors (Lipinski definition) is 1. The number of nitrogens with one attached hydrogen (secondary N) is 1. The van der Waals surface area contributed by atoms with Crippen LogP contribution >= 0.6 is 0 Å². The highest BCUT2D eigenvalue weighted by atomic mass is 16.2. The molecule has 0 bridgehead atoms. The summed E-state index contributed by atoms with van der Waals surface area (Å²) in [6.45, 7) is 1.86. The van der Waals surface area contributed by atoms with E-state index in [-0.39, 0.29) is 5.91 Å². The second-order valence-electron chi connectivity index (χ2n) is 3.52. The Morgan fingerprint density at radius 1 is 1.47 bits per heavy atom. The number of nitrogens with zero attached hydrogens (tertiary/aromatic N) is 2. The Balaban J connectivity index is 2.33. The van der Waals surface area contributed by atoms with E-state index in [9.17, 15) is 4.79 Å². The van der Waals surface area contributed by atoms with Crippen LogP contribution in [-0.4, -0.2) is 18.7 Å². The van der Waals surface area contributed by atoms with E-state index in [1.165, 1.54) is 5.01 Å². The highest BCUT2D eigenvalue weighted by molar-refractivity contribution is 6.12. The average molecular weight is 203 g/mol. The molecule has 1 N–H and O–H groups in total. The van der Waals surface area contributed by atoms with E-state index in [4.69, 9.17) is 0 Å². The molecule has 0 saturated carbocycles. The topological polar surface area (TPSA) is 44.7 Å². The monoisotopic (exact) mass is 203 g/mol. The number of carbonyl (C=O) groups excluding carboxylic acids is 1. The van der Waals surface area contributed by atoms with Crippen LogP contribution in [0.25, 0.3) is 0 Å². The number of hydrazone groups is 1. The summed E-state index contributed by atoms with van der Waals surface area (Å²) in [6.07, 6.45) is 0.420. The molecule has 0 radical (unpaired) electrons. The zero-order valence-electron chi connectivity index (χ0n) is 8.82. The third-order valence-electron chi connectivity index (χ3n) is 2.29. The smallest absolute Gasteiger partial charge is 0.253 e. The molecule has 4 heteroatoms.